The maximum absolute atomic E-state index is 13.0. The fourth-order valence-corrected chi connectivity index (χ4v) is 9.66. The molecule has 0 aliphatic rings. The number of unbranched alkanes of at least 4 members (excludes halogenated alkanes) is 39. The van der Waals surface area contributed by atoms with E-state index in [1.54, 1.807) is 0 Å². The number of rotatable bonds is 54. The largest absolute Gasteiger partial charge is 0.472 e. The van der Waals surface area contributed by atoms with Crippen molar-refractivity contribution < 1.29 is 32.9 Å². The van der Waals surface area contributed by atoms with Crippen molar-refractivity contribution in [1.82, 2.24) is 5.32 Å². The molecule has 0 aliphatic carbocycles. The summed E-state index contributed by atoms with van der Waals surface area (Å²) in [6.07, 6.45) is 59.9. The molecule has 0 spiro atoms. The number of phosphoric ester groups is 1. The van der Waals surface area contributed by atoms with Gasteiger partial charge in [-0.25, -0.2) is 4.57 Å². The Balaban J connectivity index is 4.05. The van der Waals surface area contributed by atoms with Crippen LogP contribution in [0.15, 0.2) is 12.2 Å². The zero-order valence-corrected chi connectivity index (χ0v) is 45.9. The third-order valence-electron chi connectivity index (χ3n) is 13.5. The number of nitrogens with one attached hydrogen (secondary N) is 1. The van der Waals surface area contributed by atoms with Gasteiger partial charge in [0.1, 0.15) is 13.2 Å². The Morgan fingerprint density at radius 3 is 1.17 bits per heavy atom. The zero-order valence-electron chi connectivity index (χ0n) is 45.0. The molecule has 0 aliphatic heterocycles. The molecular formula is C57H116N2O6P+. The van der Waals surface area contributed by atoms with Crippen LogP contribution in [-0.4, -0.2) is 73.4 Å². The van der Waals surface area contributed by atoms with E-state index in [0.29, 0.717) is 23.9 Å². The lowest BCUT2D eigenvalue weighted by molar-refractivity contribution is -0.870. The van der Waals surface area contributed by atoms with Crippen molar-refractivity contribution in [3.05, 3.63) is 12.2 Å². The smallest absolute Gasteiger partial charge is 0.391 e. The fourth-order valence-electron chi connectivity index (χ4n) is 8.93. The van der Waals surface area contributed by atoms with Crippen molar-refractivity contribution in [3.8, 4) is 0 Å². The number of allylic oxidation sites excluding steroid dienone is 2. The number of nitrogens with zero attached hydrogens (tertiary/aromatic N) is 1. The summed E-state index contributed by atoms with van der Waals surface area (Å²) in [4.78, 5) is 23.3. The van der Waals surface area contributed by atoms with Crippen molar-refractivity contribution in [3.63, 3.8) is 0 Å². The van der Waals surface area contributed by atoms with E-state index in [4.69, 9.17) is 9.05 Å². The number of carbonyl (C=O) groups is 1. The molecule has 0 bridgehead atoms. The number of phosphoric acid groups is 1. The lowest BCUT2D eigenvalue weighted by atomic mass is 10.0. The Kier molecular flexibility index (Phi) is 48.7. The van der Waals surface area contributed by atoms with E-state index in [0.717, 1.165) is 38.5 Å². The van der Waals surface area contributed by atoms with Crippen LogP contribution in [0.25, 0.3) is 0 Å². The van der Waals surface area contributed by atoms with Gasteiger partial charge in [0, 0.05) is 6.42 Å². The number of hydrogen-bond acceptors (Lipinski definition) is 5. The fraction of sp³-hybridized carbons (Fsp3) is 0.947. The van der Waals surface area contributed by atoms with Gasteiger partial charge >= 0.3 is 7.82 Å². The summed E-state index contributed by atoms with van der Waals surface area (Å²) in [6.45, 7) is 4.93. The zero-order chi connectivity index (χ0) is 48.5. The molecular weight excluding hydrogens is 840 g/mol. The second kappa shape index (κ2) is 49.2. The maximum Gasteiger partial charge on any atom is 0.472 e. The van der Waals surface area contributed by atoms with E-state index in [9.17, 15) is 19.4 Å². The normalized spacial score (nSPS) is 14.0. The van der Waals surface area contributed by atoms with Gasteiger partial charge in [0.25, 0.3) is 0 Å². The van der Waals surface area contributed by atoms with Crippen LogP contribution in [0, 0.1) is 0 Å². The van der Waals surface area contributed by atoms with E-state index >= 15 is 0 Å². The summed E-state index contributed by atoms with van der Waals surface area (Å²) in [5.41, 5.74) is 0. The maximum atomic E-state index is 13.0. The highest BCUT2D eigenvalue weighted by molar-refractivity contribution is 7.47. The van der Waals surface area contributed by atoms with Crippen LogP contribution in [0.3, 0.4) is 0 Å². The molecule has 0 radical (unpaired) electrons. The first-order valence-corrected chi connectivity index (χ1v) is 30.5. The highest BCUT2D eigenvalue weighted by Gasteiger charge is 2.28. The molecule has 0 fully saturated rings. The van der Waals surface area contributed by atoms with Crippen molar-refractivity contribution in [2.75, 3.05) is 40.9 Å². The van der Waals surface area contributed by atoms with Crippen LogP contribution in [0.1, 0.15) is 296 Å². The highest BCUT2D eigenvalue weighted by atomic mass is 31.2. The van der Waals surface area contributed by atoms with Gasteiger partial charge in [-0.15, -0.1) is 0 Å². The molecule has 8 nitrogen and oxygen atoms in total. The second-order valence-electron chi connectivity index (χ2n) is 21.4. The SMILES string of the molecule is CCCCCCCCCCCCCC/C=C\CCCCCCCCCCCCCCCC(=O)NC(COP(=O)(O)OCC[N+](C)(C)C)C(O)CCCCCCCCCCCCCCCCC. The molecule has 0 aromatic heterocycles. The Morgan fingerprint density at radius 2 is 0.818 bits per heavy atom. The van der Waals surface area contributed by atoms with Gasteiger partial charge in [-0.2, -0.15) is 0 Å². The van der Waals surface area contributed by atoms with Gasteiger partial charge in [-0.3, -0.25) is 13.8 Å². The molecule has 0 aromatic carbocycles. The first-order valence-electron chi connectivity index (χ1n) is 29.1. The number of amides is 1. The van der Waals surface area contributed by atoms with Gasteiger partial charge < -0.3 is 19.8 Å². The van der Waals surface area contributed by atoms with Gasteiger partial charge in [-0.05, 0) is 38.5 Å². The standard InChI is InChI=1S/C57H115N2O6P/c1-6-8-10-12-14-16-18-20-22-23-24-25-26-27-28-29-30-31-32-33-34-35-37-39-41-43-45-47-49-51-57(61)58-55(54-65-66(62,63)64-53-52-59(3,4)5)56(60)50-48-46-44-42-40-38-36-21-19-17-15-13-11-9-7-2/h27-28,55-56,60H,6-26,29-54H2,1-5H3,(H-,58,61,62,63)/p+1/b28-27-. The topological polar surface area (TPSA) is 105 Å². The summed E-state index contributed by atoms with van der Waals surface area (Å²) in [5.74, 6) is -0.139. The predicted octanol–water partition coefficient (Wildman–Crippen LogP) is 17.4. The van der Waals surface area contributed by atoms with Crippen molar-refractivity contribution in [1.29, 1.82) is 0 Å². The molecule has 3 unspecified atom stereocenters. The average Bonchev–Trinajstić information content (AvgIpc) is 3.28. The van der Waals surface area contributed by atoms with E-state index in [1.165, 1.54) is 231 Å². The molecule has 1 amide bonds. The minimum Gasteiger partial charge on any atom is -0.391 e. The third-order valence-corrected chi connectivity index (χ3v) is 14.5. The summed E-state index contributed by atoms with van der Waals surface area (Å²) in [7, 11) is 1.63. The molecule has 3 atom stereocenters. The minimum atomic E-state index is -4.32. The van der Waals surface area contributed by atoms with Gasteiger partial charge in [0.05, 0.1) is 39.9 Å². The Bertz CT molecular complexity index is 1080. The summed E-state index contributed by atoms with van der Waals surface area (Å²) < 4.78 is 23.8. The van der Waals surface area contributed by atoms with Crippen molar-refractivity contribution in [2.45, 2.75) is 309 Å². The number of hydrogen-bond donors (Lipinski definition) is 3. The molecule has 0 rings (SSSR count). The van der Waals surface area contributed by atoms with Crippen LogP contribution in [0.5, 0.6) is 0 Å². The summed E-state index contributed by atoms with van der Waals surface area (Å²) in [5, 5.41) is 14.0. The predicted molar refractivity (Wildman–Crippen MR) is 286 cm³/mol. The van der Waals surface area contributed by atoms with Crippen LogP contribution < -0.4 is 5.32 Å². The lowest BCUT2D eigenvalue weighted by Crippen LogP contribution is -2.46. The molecule has 0 saturated carbocycles. The van der Waals surface area contributed by atoms with E-state index in [1.807, 2.05) is 21.1 Å². The Labute approximate surface area is 412 Å². The van der Waals surface area contributed by atoms with Crippen LogP contribution in [-0.2, 0) is 18.4 Å². The first kappa shape index (κ1) is 65.2. The van der Waals surface area contributed by atoms with E-state index in [-0.39, 0.29) is 19.1 Å². The molecule has 3 N–H and O–H groups in total. The number of likely N-dealkylation sites (N-methyl/N-ethyl adjacent to an activating group) is 1. The van der Waals surface area contributed by atoms with E-state index in [2.05, 4.69) is 31.3 Å². The summed E-state index contributed by atoms with van der Waals surface area (Å²) in [6, 6.07) is -0.757. The highest BCUT2D eigenvalue weighted by Crippen LogP contribution is 2.43. The quantitative estimate of drug-likeness (QED) is 0.0243. The Morgan fingerprint density at radius 1 is 0.500 bits per heavy atom. The number of aliphatic hydroxyl groups excluding tert-OH is 1. The molecule has 0 saturated heterocycles. The van der Waals surface area contributed by atoms with Crippen LogP contribution in [0.2, 0.25) is 0 Å². The molecule has 9 heteroatoms. The van der Waals surface area contributed by atoms with E-state index < -0.39 is 20.0 Å². The van der Waals surface area contributed by atoms with Gasteiger partial charge in [-0.1, -0.05) is 264 Å². The van der Waals surface area contributed by atoms with Crippen LogP contribution in [0.4, 0.5) is 0 Å². The number of aliphatic hydroxyl groups is 1. The van der Waals surface area contributed by atoms with Gasteiger partial charge in [0.15, 0.2) is 0 Å². The monoisotopic (exact) mass is 956 g/mol. The molecule has 394 valence electrons. The summed E-state index contributed by atoms with van der Waals surface area (Å²) >= 11 is 0. The molecule has 66 heavy (non-hydrogen) atoms. The number of quaternary nitrogens is 1. The Hall–Kier alpha value is -0.760. The van der Waals surface area contributed by atoms with Gasteiger partial charge in [0.2, 0.25) is 5.91 Å². The molecule has 0 heterocycles. The first-order chi connectivity index (χ1) is 32.0. The average molecular weight is 957 g/mol. The third kappa shape index (κ3) is 51.1. The van der Waals surface area contributed by atoms with Crippen LogP contribution >= 0.6 is 7.82 Å². The van der Waals surface area contributed by atoms with Crippen molar-refractivity contribution in [2.24, 2.45) is 0 Å². The molecule has 0 aromatic rings. The van der Waals surface area contributed by atoms with Crippen molar-refractivity contribution >= 4 is 13.7 Å². The minimum absolute atomic E-state index is 0.0774. The lowest BCUT2D eigenvalue weighted by Gasteiger charge is -2.26. The number of carbonyl (C=O) groups excluding carboxylic acids is 1. The second-order valence-corrected chi connectivity index (χ2v) is 22.8.